The maximum atomic E-state index is 11.8. The lowest BCUT2D eigenvalue weighted by molar-refractivity contribution is -0.136. The number of anilines is 1. The van der Waals surface area contributed by atoms with Crippen LogP contribution in [-0.4, -0.2) is 18.0 Å². The van der Waals surface area contributed by atoms with E-state index < -0.39 is 11.8 Å². The second kappa shape index (κ2) is 8.26. The van der Waals surface area contributed by atoms with Crippen LogP contribution in [0.3, 0.4) is 0 Å². The molecule has 0 radical (unpaired) electrons. The van der Waals surface area contributed by atoms with Crippen molar-refractivity contribution in [2.75, 3.05) is 5.32 Å². The van der Waals surface area contributed by atoms with Crippen molar-refractivity contribution < 1.29 is 9.59 Å². The average Bonchev–Trinajstić information content (AvgIpc) is 2.55. The van der Waals surface area contributed by atoms with Crippen LogP contribution in [0.4, 0.5) is 5.69 Å². The van der Waals surface area contributed by atoms with Gasteiger partial charge in [-0.3, -0.25) is 9.59 Å². The van der Waals surface area contributed by atoms with E-state index in [4.69, 9.17) is 11.6 Å². The molecule has 2 rings (SSSR count). The molecule has 0 aliphatic carbocycles. The van der Waals surface area contributed by atoms with Crippen LogP contribution in [0.25, 0.3) is 0 Å². The first-order valence-electron chi connectivity index (χ1n) is 7.45. The Balaban J connectivity index is 1.89. The van der Waals surface area contributed by atoms with Gasteiger partial charge in [-0.05, 0) is 41.3 Å². The van der Waals surface area contributed by atoms with Crippen molar-refractivity contribution >= 4 is 35.3 Å². The normalized spacial score (nSPS) is 10.8. The number of hydrogen-bond acceptors (Lipinski definition) is 3. The molecule has 2 aromatic carbocycles. The molecule has 0 saturated carbocycles. The Bertz CT molecular complexity index is 755. The van der Waals surface area contributed by atoms with Crippen LogP contribution < -0.4 is 10.7 Å². The molecule has 124 valence electrons. The van der Waals surface area contributed by atoms with Crippen molar-refractivity contribution in [1.29, 1.82) is 0 Å². The van der Waals surface area contributed by atoms with Crippen molar-refractivity contribution in [2.24, 2.45) is 5.10 Å². The first-order chi connectivity index (χ1) is 11.5. The minimum atomic E-state index is -0.846. The van der Waals surface area contributed by atoms with Crippen molar-refractivity contribution in [3.8, 4) is 0 Å². The largest absolute Gasteiger partial charge is 0.329 e. The van der Waals surface area contributed by atoms with Crippen LogP contribution >= 0.6 is 11.6 Å². The molecule has 24 heavy (non-hydrogen) atoms. The Hall–Kier alpha value is -2.66. The predicted molar refractivity (Wildman–Crippen MR) is 96.3 cm³/mol. The first-order valence-corrected chi connectivity index (χ1v) is 7.83. The minimum Gasteiger partial charge on any atom is -0.318 e. The molecular weight excluding hydrogens is 326 g/mol. The fourth-order valence-electron chi connectivity index (χ4n) is 1.94. The summed E-state index contributed by atoms with van der Waals surface area (Å²) in [5.74, 6) is -1.23. The number of amides is 2. The van der Waals surface area contributed by atoms with Gasteiger partial charge in [0.25, 0.3) is 0 Å². The maximum Gasteiger partial charge on any atom is 0.329 e. The lowest BCUT2D eigenvalue weighted by Crippen LogP contribution is -2.32. The third kappa shape index (κ3) is 5.21. The van der Waals surface area contributed by atoms with E-state index >= 15 is 0 Å². The van der Waals surface area contributed by atoms with E-state index in [2.05, 4.69) is 29.7 Å². The highest BCUT2D eigenvalue weighted by atomic mass is 35.5. The van der Waals surface area contributed by atoms with E-state index in [1.165, 1.54) is 6.21 Å². The Morgan fingerprint density at radius 2 is 1.79 bits per heavy atom. The van der Waals surface area contributed by atoms with Gasteiger partial charge in [0, 0.05) is 10.7 Å². The summed E-state index contributed by atoms with van der Waals surface area (Å²) in [6, 6.07) is 14.3. The molecule has 0 unspecified atom stereocenters. The second-order valence-electron chi connectivity index (χ2n) is 5.48. The van der Waals surface area contributed by atoms with E-state index in [0.29, 0.717) is 22.2 Å². The third-order valence-electron chi connectivity index (χ3n) is 3.27. The van der Waals surface area contributed by atoms with Crippen molar-refractivity contribution in [3.05, 3.63) is 64.7 Å². The summed E-state index contributed by atoms with van der Waals surface area (Å²) >= 11 is 5.84. The summed E-state index contributed by atoms with van der Waals surface area (Å²) in [6.07, 6.45) is 1.41. The van der Waals surface area contributed by atoms with Gasteiger partial charge in [0.15, 0.2) is 0 Å². The number of benzene rings is 2. The predicted octanol–water partition coefficient (Wildman–Crippen LogP) is 3.55. The van der Waals surface area contributed by atoms with E-state index in [1.807, 2.05) is 12.1 Å². The van der Waals surface area contributed by atoms with Gasteiger partial charge in [0.2, 0.25) is 0 Å². The molecule has 0 bridgehead atoms. The van der Waals surface area contributed by atoms with E-state index in [1.54, 1.807) is 36.4 Å². The van der Waals surface area contributed by atoms with Crippen LogP contribution in [0.15, 0.2) is 53.6 Å². The molecule has 2 aromatic rings. The highest BCUT2D eigenvalue weighted by molar-refractivity contribution is 6.39. The molecule has 0 aliphatic rings. The summed E-state index contributed by atoms with van der Waals surface area (Å²) in [5.41, 5.74) is 4.60. The highest BCUT2D eigenvalue weighted by Crippen LogP contribution is 2.17. The summed E-state index contributed by atoms with van der Waals surface area (Å²) in [5, 5.41) is 6.82. The zero-order valence-electron chi connectivity index (χ0n) is 13.4. The SMILES string of the molecule is CC(C)c1ccc(NC(=O)C(=O)N/N=C\c2cccc(Cl)c2)cc1. The lowest BCUT2D eigenvalue weighted by Gasteiger charge is -2.07. The number of hydrogen-bond donors (Lipinski definition) is 2. The van der Waals surface area contributed by atoms with Gasteiger partial charge in [-0.25, -0.2) is 5.43 Å². The Labute approximate surface area is 145 Å². The third-order valence-corrected chi connectivity index (χ3v) is 3.50. The van der Waals surface area contributed by atoms with Gasteiger partial charge in [0.1, 0.15) is 0 Å². The molecule has 0 saturated heterocycles. The Kier molecular flexibility index (Phi) is 6.09. The van der Waals surface area contributed by atoms with Gasteiger partial charge in [-0.2, -0.15) is 5.10 Å². The van der Waals surface area contributed by atoms with Crippen molar-refractivity contribution in [1.82, 2.24) is 5.43 Å². The van der Waals surface area contributed by atoms with Crippen LogP contribution in [0.2, 0.25) is 5.02 Å². The zero-order chi connectivity index (χ0) is 17.5. The van der Waals surface area contributed by atoms with Crippen LogP contribution in [0.5, 0.6) is 0 Å². The Morgan fingerprint density at radius 3 is 2.42 bits per heavy atom. The molecule has 2 N–H and O–H groups in total. The molecule has 0 aromatic heterocycles. The second-order valence-corrected chi connectivity index (χ2v) is 5.92. The molecule has 5 nitrogen and oxygen atoms in total. The van der Waals surface area contributed by atoms with Crippen molar-refractivity contribution in [3.63, 3.8) is 0 Å². The number of hydrazone groups is 1. The fraction of sp³-hybridized carbons (Fsp3) is 0.167. The maximum absolute atomic E-state index is 11.8. The van der Waals surface area contributed by atoms with Gasteiger partial charge < -0.3 is 5.32 Å². The molecule has 0 fully saturated rings. The van der Waals surface area contributed by atoms with Gasteiger partial charge >= 0.3 is 11.8 Å². The quantitative estimate of drug-likeness (QED) is 0.506. The highest BCUT2D eigenvalue weighted by Gasteiger charge is 2.12. The van der Waals surface area contributed by atoms with Gasteiger partial charge in [0.05, 0.1) is 6.21 Å². The molecule has 0 heterocycles. The van der Waals surface area contributed by atoms with Gasteiger partial charge in [-0.15, -0.1) is 0 Å². The molecule has 0 aliphatic heterocycles. The summed E-state index contributed by atoms with van der Waals surface area (Å²) < 4.78 is 0. The van der Waals surface area contributed by atoms with Gasteiger partial charge in [-0.1, -0.05) is 49.7 Å². The molecule has 0 spiro atoms. The summed E-state index contributed by atoms with van der Waals surface area (Å²) in [7, 11) is 0. The number of carbonyl (C=O) groups excluding carboxylic acids is 2. The van der Waals surface area contributed by atoms with Crippen LogP contribution in [0, 0.1) is 0 Å². The fourth-order valence-corrected chi connectivity index (χ4v) is 2.14. The monoisotopic (exact) mass is 343 g/mol. The smallest absolute Gasteiger partial charge is 0.318 e. The average molecular weight is 344 g/mol. The number of nitrogens with zero attached hydrogens (tertiary/aromatic N) is 1. The minimum absolute atomic E-state index is 0.402. The standard InChI is InChI=1S/C18H18ClN3O2/c1-12(2)14-6-8-16(9-7-14)21-17(23)18(24)22-20-11-13-4-3-5-15(19)10-13/h3-12H,1-2H3,(H,21,23)(H,22,24)/b20-11-. The zero-order valence-corrected chi connectivity index (χ0v) is 14.2. The summed E-state index contributed by atoms with van der Waals surface area (Å²) in [4.78, 5) is 23.5. The number of carbonyl (C=O) groups is 2. The number of rotatable bonds is 4. The molecule has 0 atom stereocenters. The number of nitrogens with one attached hydrogen (secondary N) is 2. The van der Waals surface area contributed by atoms with E-state index in [-0.39, 0.29) is 0 Å². The summed E-state index contributed by atoms with van der Waals surface area (Å²) in [6.45, 7) is 4.16. The van der Waals surface area contributed by atoms with Crippen LogP contribution in [-0.2, 0) is 9.59 Å². The van der Waals surface area contributed by atoms with Crippen molar-refractivity contribution in [2.45, 2.75) is 19.8 Å². The van der Waals surface area contributed by atoms with E-state index in [0.717, 1.165) is 5.56 Å². The molecule has 6 heteroatoms. The topological polar surface area (TPSA) is 70.6 Å². The Morgan fingerprint density at radius 1 is 1.08 bits per heavy atom. The van der Waals surface area contributed by atoms with Crippen LogP contribution in [0.1, 0.15) is 30.9 Å². The first kappa shape index (κ1) is 17.7. The molecular formula is C18H18ClN3O2. The van der Waals surface area contributed by atoms with E-state index in [9.17, 15) is 9.59 Å². The molecule has 2 amide bonds. The lowest BCUT2D eigenvalue weighted by atomic mass is 10.0. The number of halogens is 1.